The number of nitrogens with one attached hydrogen (secondary N) is 3. The van der Waals surface area contributed by atoms with Crippen LogP contribution in [0.25, 0.3) is 10.9 Å². The lowest BCUT2D eigenvalue weighted by Crippen LogP contribution is -2.62. The first-order chi connectivity index (χ1) is 15.8. The van der Waals surface area contributed by atoms with Crippen molar-refractivity contribution in [2.24, 2.45) is 7.05 Å². The van der Waals surface area contributed by atoms with Gasteiger partial charge in [0.25, 0.3) is 5.91 Å². The van der Waals surface area contributed by atoms with Gasteiger partial charge in [0, 0.05) is 44.5 Å². The lowest BCUT2D eigenvalue weighted by Gasteiger charge is -2.42. The SMILES string of the molecule is CC(=O)NCCC1(NC(=O)c2cc3c(Cl)c(C)ccc3n2C)CCCN(S(=O)(=O)NC(=O)O)C1. The minimum Gasteiger partial charge on any atom is -0.464 e. The van der Waals surface area contributed by atoms with Gasteiger partial charge in [-0.3, -0.25) is 9.59 Å². The number of rotatable bonds is 7. The molecule has 0 radical (unpaired) electrons. The van der Waals surface area contributed by atoms with E-state index < -0.39 is 27.7 Å². The van der Waals surface area contributed by atoms with E-state index in [-0.39, 0.29) is 32.0 Å². The van der Waals surface area contributed by atoms with Crippen LogP contribution in [0.4, 0.5) is 4.79 Å². The third-order valence-electron chi connectivity index (χ3n) is 6.04. The first-order valence-electron chi connectivity index (χ1n) is 10.7. The molecule has 3 amide bonds. The molecule has 1 aromatic carbocycles. The number of piperidine rings is 1. The monoisotopic (exact) mass is 513 g/mol. The summed E-state index contributed by atoms with van der Waals surface area (Å²) in [6.45, 7) is 3.39. The van der Waals surface area contributed by atoms with Crippen molar-refractivity contribution in [2.75, 3.05) is 19.6 Å². The van der Waals surface area contributed by atoms with E-state index in [1.807, 2.05) is 19.1 Å². The smallest absolute Gasteiger partial charge is 0.419 e. The molecular formula is C21H28ClN5O6S. The zero-order valence-electron chi connectivity index (χ0n) is 19.1. The molecule has 0 spiro atoms. The van der Waals surface area contributed by atoms with Gasteiger partial charge in [-0.05, 0) is 43.9 Å². The van der Waals surface area contributed by atoms with Crippen molar-refractivity contribution in [2.45, 2.75) is 38.6 Å². The average Bonchev–Trinajstić information content (AvgIpc) is 3.07. The largest absolute Gasteiger partial charge is 0.464 e. The summed E-state index contributed by atoms with van der Waals surface area (Å²) >= 11 is 6.43. The third kappa shape index (κ3) is 5.45. The predicted molar refractivity (Wildman–Crippen MR) is 127 cm³/mol. The Morgan fingerprint density at radius 3 is 2.62 bits per heavy atom. The molecule has 4 N–H and O–H groups in total. The van der Waals surface area contributed by atoms with Gasteiger partial charge in [-0.2, -0.15) is 12.7 Å². The van der Waals surface area contributed by atoms with Crippen LogP contribution in [0.2, 0.25) is 5.02 Å². The van der Waals surface area contributed by atoms with Crippen LogP contribution in [0, 0.1) is 6.92 Å². The molecule has 2 aromatic rings. The molecule has 1 aliphatic heterocycles. The highest BCUT2D eigenvalue weighted by atomic mass is 35.5. The zero-order valence-corrected chi connectivity index (χ0v) is 20.7. The van der Waals surface area contributed by atoms with Crippen molar-refractivity contribution in [1.29, 1.82) is 0 Å². The highest BCUT2D eigenvalue weighted by molar-refractivity contribution is 7.87. The lowest BCUT2D eigenvalue weighted by molar-refractivity contribution is -0.119. The maximum Gasteiger partial charge on any atom is 0.419 e. The normalized spacial score (nSPS) is 19.1. The number of amides is 3. The van der Waals surface area contributed by atoms with Gasteiger partial charge in [0.05, 0.1) is 10.6 Å². The molecule has 0 aliphatic carbocycles. The quantitative estimate of drug-likeness (QED) is 0.443. The number of hydrogen-bond acceptors (Lipinski definition) is 5. The molecular weight excluding hydrogens is 486 g/mol. The molecule has 1 aromatic heterocycles. The van der Waals surface area contributed by atoms with Crippen LogP contribution in [-0.2, 0) is 22.1 Å². The number of halogens is 1. The number of nitrogens with zero attached hydrogens (tertiary/aromatic N) is 2. The Morgan fingerprint density at radius 2 is 1.97 bits per heavy atom. The molecule has 1 aliphatic rings. The second-order valence-corrected chi connectivity index (χ2v) is 10.6. The van der Waals surface area contributed by atoms with Crippen LogP contribution >= 0.6 is 11.6 Å². The van der Waals surface area contributed by atoms with E-state index in [1.165, 1.54) is 11.6 Å². The van der Waals surface area contributed by atoms with Crippen molar-refractivity contribution < 1.29 is 27.9 Å². The van der Waals surface area contributed by atoms with E-state index in [0.717, 1.165) is 20.8 Å². The molecule has 13 heteroatoms. The summed E-state index contributed by atoms with van der Waals surface area (Å²) in [6, 6.07) is 5.41. The summed E-state index contributed by atoms with van der Waals surface area (Å²) in [6.07, 6.45) is -0.607. The van der Waals surface area contributed by atoms with Gasteiger partial charge in [0.15, 0.2) is 0 Å². The molecule has 0 saturated carbocycles. The van der Waals surface area contributed by atoms with Gasteiger partial charge in [0.2, 0.25) is 5.91 Å². The number of carbonyl (C=O) groups is 3. The Balaban J connectivity index is 1.93. The molecule has 0 bridgehead atoms. The molecule has 3 rings (SSSR count). The number of carboxylic acid groups (broad SMARTS) is 1. The van der Waals surface area contributed by atoms with Gasteiger partial charge in [0.1, 0.15) is 5.69 Å². The van der Waals surface area contributed by atoms with Crippen molar-refractivity contribution in [3.63, 3.8) is 0 Å². The van der Waals surface area contributed by atoms with Crippen LogP contribution < -0.4 is 15.4 Å². The fourth-order valence-electron chi connectivity index (χ4n) is 4.32. The van der Waals surface area contributed by atoms with E-state index in [4.69, 9.17) is 16.7 Å². The van der Waals surface area contributed by atoms with Gasteiger partial charge in [-0.1, -0.05) is 17.7 Å². The first kappa shape index (κ1) is 25.8. The summed E-state index contributed by atoms with van der Waals surface area (Å²) in [5.74, 6) is -0.686. The fourth-order valence-corrected chi connectivity index (χ4v) is 5.67. The van der Waals surface area contributed by atoms with E-state index >= 15 is 0 Å². The second-order valence-electron chi connectivity index (χ2n) is 8.53. The maximum atomic E-state index is 13.4. The van der Waals surface area contributed by atoms with Crippen LogP contribution in [0.15, 0.2) is 18.2 Å². The molecule has 1 unspecified atom stereocenters. The Hall–Kier alpha value is -2.83. The van der Waals surface area contributed by atoms with Gasteiger partial charge in [-0.15, -0.1) is 0 Å². The van der Waals surface area contributed by atoms with Gasteiger partial charge in [-0.25, -0.2) is 9.52 Å². The van der Waals surface area contributed by atoms with Crippen LogP contribution in [-0.4, -0.2) is 65.5 Å². The number of aromatic nitrogens is 1. The number of aryl methyl sites for hydroxylation is 2. The van der Waals surface area contributed by atoms with E-state index in [2.05, 4.69) is 10.6 Å². The molecule has 186 valence electrons. The van der Waals surface area contributed by atoms with Gasteiger partial charge >= 0.3 is 16.3 Å². The molecule has 34 heavy (non-hydrogen) atoms. The highest BCUT2D eigenvalue weighted by Gasteiger charge is 2.41. The molecule has 2 heterocycles. The van der Waals surface area contributed by atoms with Crippen LogP contribution in [0.1, 0.15) is 42.2 Å². The predicted octanol–water partition coefficient (Wildman–Crippen LogP) is 1.74. The highest BCUT2D eigenvalue weighted by Crippen LogP contribution is 2.31. The third-order valence-corrected chi connectivity index (χ3v) is 7.97. The molecule has 1 fully saturated rings. The van der Waals surface area contributed by atoms with E-state index in [0.29, 0.717) is 23.6 Å². The standard InChI is InChI=1S/C21H28ClN5O6S/c1-13-5-6-16-15(18(13)22)11-17(26(16)3)19(29)24-21(8-9-23-14(2)28)7-4-10-27(12-21)34(32,33)25-20(30)31/h5-6,11,25H,4,7-10,12H2,1-3H3,(H,23,28)(H,24,29)(H,30,31). The summed E-state index contributed by atoms with van der Waals surface area (Å²) in [7, 11) is -2.57. The van der Waals surface area contributed by atoms with Crippen LogP contribution in [0.3, 0.4) is 0 Å². The molecule has 11 nitrogen and oxygen atoms in total. The van der Waals surface area contributed by atoms with Gasteiger partial charge < -0.3 is 20.3 Å². The maximum absolute atomic E-state index is 13.4. The van der Waals surface area contributed by atoms with Crippen molar-refractivity contribution in [3.05, 3.63) is 34.5 Å². The van der Waals surface area contributed by atoms with Crippen molar-refractivity contribution in [3.8, 4) is 0 Å². The average molecular weight is 514 g/mol. The molecule has 1 saturated heterocycles. The van der Waals surface area contributed by atoms with E-state index in [1.54, 1.807) is 17.7 Å². The minimum absolute atomic E-state index is 0.100. The number of benzene rings is 1. The Morgan fingerprint density at radius 1 is 1.26 bits per heavy atom. The lowest BCUT2D eigenvalue weighted by atomic mass is 9.86. The van der Waals surface area contributed by atoms with Crippen molar-refractivity contribution >= 4 is 50.6 Å². The van der Waals surface area contributed by atoms with Crippen molar-refractivity contribution in [1.82, 2.24) is 24.2 Å². The topological polar surface area (TPSA) is 150 Å². The van der Waals surface area contributed by atoms with Crippen LogP contribution in [0.5, 0.6) is 0 Å². The molecule has 1 atom stereocenters. The fraction of sp³-hybridized carbons (Fsp3) is 0.476. The zero-order chi connectivity index (χ0) is 25.3. The number of fused-ring (bicyclic) bond motifs is 1. The summed E-state index contributed by atoms with van der Waals surface area (Å²) in [5.41, 5.74) is 0.954. The summed E-state index contributed by atoms with van der Waals surface area (Å²) in [4.78, 5) is 35.7. The second kappa shape index (κ2) is 9.80. The summed E-state index contributed by atoms with van der Waals surface area (Å²) in [5, 5.41) is 15.8. The Bertz CT molecular complexity index is 1240. The first-order valence-corrected chi connectivity index (χ1v) is 12.5. The Labute approximate surface area is 202 Å². The number of carbonyl (C=O) groups excluding carboxylic acids is 2. The Kier molecular flexibility index (Phi) is 7.44. The summed E-state index contributed by atoms with van der Waals surface area (Å²) < 4.78 is 29.2. The minimum atomic E-state index is -4.31. The number of hydrogen-bond donors (Lipinski definition) is 4. The van der Waals surface area contributed by atoms with E-state index in [9.17, 15) is 22.8 Å².